The Hall–Kier alpha value is -2.92. The summed E-state index contributed by atoms with van der Waals surface area (Å²) >= 11 is 6.28. The molecular formula is C19H15Br2NO8. The Labute approximate surface area is 187 Å². The normalized spacial score (nSPS) is 10.1. The molecule has 2 N–H and O–H groups in total. The zero-order valence-electron chi connectivity index (χ0n) is 15.7. The molecule has 2 aromatic carbocycles. The Balaban J connectivity index is 2.16. The van der Waals surface area contributed by atoms with E-state index in [9.17, 15) is 24.3 Å². The third-order valence-electron chi connectivity index (χ3n) is 3.70. The average Bonchev–Trinajstić information content (AvgIpc) is 2.73. The van der Waals surface area contributed by atoms with Gasteiger partial charge in [-0.3, -0.25) is 4.79 Å². The minimum absolute atomic E-state index is 0.0154. The lowest BCUT2D eigenvalue weighted by atomic mass is 10.1. The van der Waals surface area contributed by atoms with E-state index in [1.807, 2.05) is 0 Å². The van der Waals surface area contributed by atoms with Crippen molar-refractivity contribution in [1.29, 1.82) is 0 Å². The number of carbonyl (C=O) groups excluding carboxylic acids is 4. The molecule has 0 aliphatic heterocycles. The maximum absolute atomic E-state index is 12.2. The van der Waals surface area contributed by atoms with E-state index < -0.39 is 30.4 Å². The van der Waals surface area contributed by atoms with Crippen molar-refractivity contribution in [1.82, 2.24) is 0 Å². The number of carbonyl (C=O) groups is 4. The van der Waals surface area contributed by atoms with Crippen molar-refractivity contribution in [2.24, 2.45) is 0 Å². The molecule has 0 saturated carbocycles. The van der Waals surface area contributed by atoms with E-state index in [1.165, 1.54) is 37.4 Å². The van der Waals surface area contributed by atoms with Crippen LogP contribution in [0, 0.1) is 0 Å². The lowest BCUT2D eigenvalue weighted by molar-refractivity contribution is -0.119. The van der Waals surface area contributed by atoms with E-state index in [0.717, 1.165) is 7.11 Å². The van der Waals surface area contributed by atoms with Crippen LogP contribution in [0.3, 0.4) is 0 Å². The number of rotatable bonds is 6. The Morgan fingerprint density at radius 1 is 0.933 bits per heavy atom. The number of halogens is 2. The highest BCUT2D eigenvalue weighted by atomic mass is 79.9. The Kier molecular flexibility index (Phi) is 7.95. The van der Waals surface area contributed by atoms with Gasteiger partial charge in [-0.2, -0.15) is 0 Å². The van der Waals surface area contributed by atoms with E-state index in [0.29, 0.717) is 4.47 Å². The van der Waals surface area contributed by atoms with Crippen LogP contribution in [-0.4, -0.2) is 49.7 Å². The SMILES string of the molecule is COC(=O)c1ccc(C(=O)OC)c(NC(=O)COC(=O)c2cc(Br)cc(Br)c2O)c1. The molecule has 0 aliphatic carbocycles. The molecule has 0 heterocycles. The summed E-state index contributed by atoms with van der Waals surface area (Å²) in [6, 6.07) is 6.71. The van der Waals surface area contributed by atoms with Gasteiger partial charge in [0, 0.05) is 4.47 Å². The number of anilines is 1. The highest BCUT2D eigenvalue weighted by Crippen LogP contribution is 2.32. The molecule has 9 nitrogen and oxygen atoms in total. The van der Waals surface area contributed by atoms with Crippen molar-refractivity contribution in [2.45, 2.75) is 0 Å². The van der Waals surface area contributed by atoms with Gasteiger partial charge in [0.2, 0.25) is 0 Å². The van der Waals surface area contributed by atoms with Crippen LogP contribution in [0.15, 0.2) is 39.3 Å². The first-order chi connectivity index (χ1) is 14.2. The molecule has 2 aromatic rings. The zero-order valence-corrected chi connectivity index (χ0v) is 18.8. The second-order valence-electron chi connectivity index (χ2n) is 5.65. The maximum atomic E-state index is 12.2. The third kappa shape index (κ3) is 5.57. The van der Waals surface area contributed by atoms with Gasteiger partial charge in [0.25, 0.3) is 5.91 Å². The molecule has 2 rings (SSSR count). The average molecular weight is 545 g/mol. The molecule has 0 atom stereocenters. The fourth-order valence-electron chi connectivity index (χ4n) is 2.30. The van der Waals surface area contributed by atoms with Crippen LogP contribution in [0.1, 0.15) is 31.1 Å². The first-order valence-electron chi connectivity index (χ1n) is 8.13. The smallest absolute Gasteiger partial charge is 0.342 e. The Bertz CT molecular complexity index is 1020. The number of amides is 1. The second-order valence-corrected chi connectivity index (χ2v) is 7.42. The monoisotopic (exact) mass is 543 g/mol. The van der Waals surface area contributed by atoms with Crippen molar-refractivity contribution < 1.29 is 38.5 Å². The van der Waals surface area contributed by atoms with Crippen molar-refractivity contribution in [3.8, 4) is 5.75 Å². The fraction of sp³-hybridized carbons (Fsp3) is 0.158. The van der Waals surface area contributed by atoms with Gasteiger partial charge >= 0.3 is 17.9 Å². The lowest BCUT2D eigenvalue weighted by Gasteiger charge is -2.12. The molecule has 0 unspecified atom stereocenters. The number of nitrogens with one attached hydrogen (secondary N) is 1. The van der Waals surface area contributed by atoms with Gasteiger partial charge in [0.1, 0.15) is 11.3 Å². The molecule has 0 aromatic heterocycles. The molecule has 0 saturated heterocycles. The predicted octanol–water partition coefficient (Wildman–Crippen LogP) is 3.29. The van der Waals surface area contributed by atoms with Gasteiger partial charge in [0.15, 0.2) is 6.61 Å². The zero-order chi connectivity index (χ0) is 22.4. The van der Waals surface area contributed by atoms with Gasteiger partial charge in [-0.1, -0.05) is 15.9 Å². The molecule has 0 bridgehead atoms. The van der Waals surface area contributed by atoms with Crippen LogP contribution in [0.5, 0.6) is 5.75 Å². The number of phenols is 1. The molecule has 0 fully saturated rings. The molecule has 0 aliphatic rings. The molecule has 11 heteroatoms. The summed E-state index contributed by atoms with van der Waals surface area (Å²) in [6.45, 7) is -0.717. The van der Waals surface area contributed by atoms with Crippen LogP contribution in [0.4, 0.5) is 5.69 Å². The summed E-state index contributed by atoms with van der Waals surface area (Å²) < 4.78 is 14.9. The quantitative estimate of drug-likeness (QED) is 0.419. The standard InChI is InChI=1S/C19H15Br2NO8/c1-28-17(25)9-3-4-11(18(26)29-2)14(5-9)22-15(23)8-30-19(27)12-6-10(20)7-13(21)16(12)24/h3-7,24H,8H2,1-2H3,(H,22,23). The van der Waals surface area contributed by atoms with E-state index in [-0.39, 0.29) is 32.6 Å². The van der Waals surface area contributed by atoms with Crippen LogP contribution in [0.2, 0.25) is 0 Å². The minimum atomic E-state index is -0.943. The lowest BCUT2D eigenvalue weighted by Crippen LogP contribution is -2.22. The van der Waals surface area contributed by atoms with E-state index >= 15 is 0 Å². The number of aromatic hydroxyl groups is 1. The van der Waals surface area contributed by atoms with E-state index in [2.05, 4.69) is 46.7 Å². The summed E-state index contributed by atoms with van der Waals surface area (Å²) in [5, 5.41) is 12.3. The highest BCUT2D eigenvalue weighted by molar-refractivity contribution is 9.11. The fourth-order valence-corrected chi connectivity index (χ4v) is 3.52. The van der Waals surface area contributed by atoms with Crippen molar-refractivity contribution in [3.63, 3.8) is 0 Å². The van der Waals surface area contributed by atoms with Crippen molar-refractivity contribution in [2.75, 3.05) is 26.1 Å². The number of benzene rings is 2. The second kappa shape index (κ2) is 10.2. The molecule has 1 amide bonds. The molecular weight excluding hydrogens is 530 g/mol. The third-order valence-corrected chi connectivity index (χ3v) is 4.76. The number of hydrogen-bond donors (Lipinski definition) is 2. The van der Waals surface area contributed by atoms with E-state index in [1.54, 1.807) is 0 Å². The maximum Gasteiger partial charge on any atom is 0.342 e. The van der Waals surface area contributed by atoms with Gasteiger partial charge < -0.3 is 24.6 Å². The van der Waals surface area contributed by atoms with Crippen LogP contribution < -0.4 is 5.32 Å². The van der Waals surface area contributed by atoms with Crippen molar-refractivity contribution >= 4 is 61.4 Å². The number of phenolic OH excluding ortho intramolecular Hbond substituents is 1. The topological polar surface area (TPSA) is 128 Å². The molecule has 158 valence electrons. The number of hydrogen-bond acceptors (Lipinski definition) is 8. The summed E-state index contributed by atoms with van der Waals surface area (Å²) in [4.78, 5) is 48.1. The summed E-state index contributed by atoms with van der Waals surface area (Å²) in [7, 11) is 2.34. The summed E-state index contributed by atoms with van der Waals surface area (Å²) in [6.07, 6.45) is 0. The largest absolute Gasteiger partial charge is 0.506 e. The van der Waals surface area contributed by atoms with Gasteiger partial charge in [-0.15, -0.1) is 0 Å². The van der Waals surface area contributed by atoms with Gasteiger partial charge in [-0.05, 0) is 46.3 Å². The van der Waals surface area contributed by atoms with E-state index in [4.69, 9.17) is 4.74 Å². The highest BCUT2D eigenvalue weighted by Gasteiger charge is 2.20. The molecule has 0 radical (unpaired) electrons. The first kappa shape index (κ1) is 23.4. The first-order valence-corrected chi connectivity index (χ1v) is 9.72. The Morgan fingerprint density at radius 3 is 2.23 bits per heavy atom. The predicted molar refractivity (Wildman–Crippen MR) is 112 cm³/mol. The number of methoxy groups -OCH3 is 2. The van der Waals surface area contributed by atoms with Crippen LogP contribution >= 0.6 is 31.9 Å². The van der Waals surface area contributed by atoms with Gasteiger partial charge in [0.05, 0.1) is 35.5 Å². The summed E-state index contributed by atoms with van der Waals surface area (Å²) in [5.74, 6) is -3.50. The van der Waals surface area contributed by atoms with Gasteiger partial charge in [-0.25, -0.2) is 14.4 Å². The van der Waals surface area contributed by atoms with Crippen LogP contribution in [0.25, 0.3) is 0 Å². The summed E-state index contributed by atoms with van der Waals surface area (Å²) in [5.41, 5.74) is -0.120. The Morgan fingerprint density at radius 2 is 1.60 bits per heavy atom. The number of esters is 3. The minimum Gasteiger partial charge on any atom is -0.506 e. The molecule has 30 heavy (non-hydrogen) atoms. The number of ether oxygens (including phenoxy) is 3. The van der Waals surface area contributed by atoms with Crippen LogP contribution in [-0.2, 0) is 19.0 Å². The molecule has 0 spiro atoms. The van der Waals surface area contributed by atoms with Crippen molar-refractivity contribution in [3.05, 3.63) is 56.0 Å².